The van der Waals surface area contributed by atoms with Crippen molar-refractivity contribution in [1.29, 1.82) is 0 Å². The zero-order chi connectivity index (χ0) is 26.6. The Morgan fingerprint density at radius 2 is 0.941 bits per heavy atom. The van der Waals surface area contributed by atoms with Gasteiger partial charge in [0.2, 0.25) is 23.6 Å². The SMILES string of the molecule is CC(=O)N[C@@H](CS)C(=O)N[C@@H](CC(C)C)C(=O)N[C@@H](CC(C)C)C(=O)N[C@@H](CC(C)C)C(=O)O. The highest BCUT2D eigenvalue weighted by molar-refractivity contribution is 7.80. The van der Waals surface area contributed by atoms with Gasteiger partial charge in [-0.2, -0.15) is 12.6 Å². The number of hydrogen-bond donors (Lipinski definition) is 6. The van der Waals surface area contributed by atoms with Crippen LogP contribution >= 0.6 is 12.6 Å². The molecule has 4 atom stereocenters. The van der Waals surface area contributed by atoms with Gasteiger partial charge in [0, 0.05) is 12.7 Å². The van der Waals surface area contributed by atoms with Gasteiger partial charge in [0.05, 0.1) is 0 Å². The third-order valence-electron chi connectivity index (χ3n) is 4.88. The minimum Gasteiger partial charge on any atom is -0.480 e. The van der Waals surface area contributed by atoms with E-state index in [9.17, 15) is 29.1 Å². The molecule has 0 aromatic rings. The molecule has 5 N–H and O–H groups in total. The molecule has 0 heterocycles. The van der Waals surface area contributed by atoms with Crippen LogP contribution in [0.1, 0.15) is 67.7 Å². The minimum absolute atomic E-state index is 0.0379. The standard InChI is InChI=1S/C23H42N4O6S/c1-12(2)8-16(26-22(31)19(11-34)24-15(7)28)20(29)25-17(9-13(3)4)21(30)27-18(23(32)33)10-14(5)6/h12-14,16-19,34H,8-11H2,1-7H3,(H,24,28)(H,25,29)(H,26,31)(H,27,30)(H,32,33)/t16-,17-,18-,19-/m0/s1. The Balaban J connectivity index is 5.60. The minimum atomic E-state index is -1.14. The largest absolute Gasteiger partial charge is 0.480 e. The van der Waals surface area contributed by atoms with Crippen LogP contribution in [0.25, 0.3) is 0 Å². The maximum absolute atomic E-state index is 13.1. The van der Waals surface area contributed by atoms with Crippen molar-refractivity contribution in [2.75, 3.05) is 5.75 Å². The molecular weight excluding hydrogens is 460 g/mol. The number of nitrogens with one attached hydrogen (secondary N) is 4. The fraction of sp³-hybridized carbons (Fsp3) is 0.783. The lowest BCUT2D eigenvalue weighted by Crippen LogP contribution is -2.58. The van der Waals surface area contributed by atoms with Gasteiger partial charge in [0.25, 0.3) is 0 Å². The van der Waals surface area contributed by atoms with E-state index in [4.69, 9.17) is 0 Å². The van der Waals surface area contributed by atoms with Crippen molar-refractivity contribution in [1.82, 2.24) is 21.3 Å². The molecule has 34 heavy (non-hydrogen) atoms. The Bertz CT molecular complexity index is 714. The summed E-state index contributed by atoms with van der Waals surface area (Å²) >= 11 is 4.09. The quantitative estimate of drug-likeness (QED) is 0.184. The fourth-order valence-electron chi connectivity index (χ4n) is 3.36. The van der Waals surface area contributed by atoms with Crippen LogP contribution in [0.3, 0.4) is 0 Å². The number of hydrogen-bond acceptors (Lipinski definition) is 6. The number of carbonyl (C=O) groups excluding carboxylic acids is 4. The molecule has 0 aliphatic carbocycles. The molecule has 0 unspecified atom stereocenters. The van der Waals surface area contributed by atoms with E-state index >= 15 is 0 Å². The van der Waals surface area contributed by atoms with Gasteiger partial charge < -0.3 is 26.4 Å². The number of thiol groups is 1. The van der Waals surface area contributed by atoms with Gasteiger partial charge in [0.15, 0.2) is 0 Å². The molecule has 0 bridgehead atoms. The summed E-state index contributed by atoms with van der Waals surface area (Å²) in [6.07, 6.45) is 0.848. The number of carbonyl (C=O) groups is 5. The number of carboxylic acid groups (broad SMARTS) is 1. The second-order valence-electron chi connectivity index (χ2n) is 9.85. The van der Waals surface area contributed by atoms with Gasteiger partial charge in [-0.05, 0) is 37.0 Å². The molecule has 11 heteroatoms. The second-order valence-corrected chi connectivity index (χ2v) is 10.2. The summed E-state index contributed by atoms with van der Waals surface area (Å²) in [7, 11) is 0. The first-order chi connectivity index (χ1) is 15.7. The van der Waals surface area contributed by atoms with Crippen LogP contribution < -0.4 is 21.3 Å². The third-order valence-corrected chi connectivity index (χ3v) is 5.24. The van der Waals surface area contributed by atoms with E-state index in [2.05, 4.69) is 33.9 Å². The molecule has 0 aromatic carbocycles. The summed E-state index contributed by atoms with van der Waals surface area (Å²) in [5.74, 6) is -3.06. The maximum Gasteiger partial charge on any atom is 0.326 e. The lowest BCUT2D eigenvalue weighted by molar-refractivity contribution is -0.143. The van der Waals surface area contributed by atoms with E-state index in [-0.39, 0.29) is 29.9 Å². The molecule has 0 aliphatic rings. The van der Waals surface area contributed by atoms with Crippen LogP contribution in [-0.4, -0.2) is 64.6 Å². The lowest BCUT2D eigenvalue weighted by atomic mass is 9.99. The summed E-state index contributed by atoms with van der Waals surface area (Å²) in [6, 6.07) is -3.90. The molecule has 196 valence electrons. The van der Waals surface area contributed by atoms with Gasteiger partial charge in [-0.15, -0.1) is 0 Å². The Labute approximate surface area is 208 Å². The van der Waals surface area contributed by atoms with E-state index in [0.29, 0.717) is 12.8 Å². The molecule has 0 saturated heterocycles. The Hall–Kier alpha value is -2.30. The molecule has 0 rings (SSSR count). The van der Waals surface area contributed by atoms with Gasteiger partial charge in [-0.3, -0.25) is 19.2 Å². The predicted molar refractivity (Wildman–Crippen MR) is 133 cm³/mol. The smallest absolute Gasteiger partial charge is 0.326 e. The van der Waals surface area contributed by atoms with Crippen molar-refractivity contribution < 1.29 is 29.1 Å². The van der Waals surface area contributed by atoms with Crippen LogP contribution in [0.4, 0.5) is 0 Å². The summed E-state index contributed by atoms with van der Waals surface area (Å²) in [5, 5.41) is 19.8. The number of carboxylic acids is 1. The van der Waals surface area contributed by atoms with Crippen molar-refractivity contribution in [3.63, 3.8) is 0 Å². The van der Waals surface area contributed by atoms with Gasteiger partial charge in [-0.25, -0.2) is 4.79 Å². The first-order valence-corrected chi connectivity index (χ1v) is 12.3. The van der Waals surface area contributed by atoms with Crippen LogP contribution in [-0.2, 0) is 24.0 Å². The van der Waals surface area contributed by atoms with E-state index in [1.54, 1.807) is 0 Å². The van der Waals surface area contributed by atoms with E-state index < -0.39 is 53.8 Å². The van der Waals surface area contributed by atoms with E-state index in [0.717, 1.165) is 0 Å². The van der Waals surface area contributed by atoms with Crippen LogP contribution in [0.2, 0.25) is 0 Å². The zero-order valence-corrected chi connectivity index (χ0v) is 22.2. The summed E-state index contributed by atoms with van der Waals surface area (Å²) in [6.45, 7) is 12.5. The fourth-order valence-corrected chi connectivity index (χ4v) is 3.61. The van der Waals surface area contributed by atoms with E-state index in [1.165, 1.54) is 6.92 Å². The lowest BCUT2D eigenvalue weighted by Gasteiger charge is -2.27. The van der Waals surface area contributed by atoms with E-state index in [1.807, 2.05) is 41.5 Å². The van der Waals surface area contributed by atoms with Crippen molar-refractivity contribution >= 4 is 42.2 Å². The van der Waals surface area contributed by atoms with Crippen LogP contribution in [0.15, 0.2) is 0 Å². The molecule has 0 fully saturated rings. The van der Waals surface area contributed by atoms with Crippen molar-refractivity contribution in [3.05, 3.63) is 0 Å². The summed E-state index contributed by atoms with van der Waals surface area (Å²) in [5.41, 5.74) is 0. The molecule has 0 saturated carbocycles. The average molecular weight is 503 g/mol. The van der Waals surface area contributed by atoms with Crippen molar-refractivity contribution in [2.45, 2.75) is 91.9 Å². The maximum atomic E-state index is 13.1. The third kappa shape index (κ3) is 12.8. The number of aliphatic carboxylic acids is 1. The summed E-state index contributed by atoms with van der Waals surface area (Å²) in [4.78, 5) is 61.6. The molecule has 4 amide bonds. The Morgan fingerprint density at radius 3 is 1.24 bits per heavy atom. The van der Waals surface area contributed by atoms with Crippen LogP contribution in [0, 0.1) is 17.8 Å². The molecular formula is C23H42N4O6S. The predicted octanol–water partition coefficient (Wildman–Crippen LogP) is 1.10. The molecule has 0 radical (unpaired) electrons. The Morgan fingerprint density at radius 1 is 0.618 bits per heavy atom. The topological polar surface area (TPSA) is 154 Å². The number of amides is 4. The number of rotatable bonds is 15. The summed E-state index contributed by atoms with van der Waals surface area (Å²) < 4.78 is 0. The monoisotopic (exact) mass is 502 g/mol. The molecule has 0 aromatic heterocycles. The highest BCUT2D eigenvalue weighted by Gasteiger charge is 2.31. The van der Waals surface area contributed by atoms with Gasteiger partial charge in [0.1, 0.15) is 24.2 Å². The first kappa shape index (κ1) is 31.7. The molecule has 0 spiro atoms. The normalized spacial score (nSPS) is 14.8. The molecule has 10 nitrogen and oxygen atoms in total. The second kappa shape index (κ2) is 15.6. The zero-order valence-electron chi connectivity index (χ0n) is 21.3. The van der Waals surface area contributed by atoms with Gasteiger partial charge >= 0.3 is 5.97 Å². The van der Waals surface area contributed by atoms with Crippen LogP contribution in [0.5, 0.6) is 0 Å². The van der Waals surface area contributed by atoms with Crippen molar-refractivity contribution in [3.8, 4) is 0 Å². The highest BCUT2D eigenvalue weighted by Crippen LogP contribution is 2.11. The highest BCUT2D eigenvalue weighted by atomic mass is 32.1. The first-order valence-electron chi connectivity index (χ1n) is 11.7. The average Bonchev–Trinajstić information content (AvgIpc) is 2.68. The van der Waals surface area contributed by atoms with Gasteiger partial charge in [-0.1, -0.05) is 41.5 Å². The molecule has 0 aliphatic heterocycles. The van der Waals surface area contributed by atoms with Crippen molar-refractivity contribution in [2.24, 2.45) is 17.8 Å². The Kier molecular flexibility index (Phi) is 14.5.